The Bertz CT molecular complexity index is 2770. The van der Waals surface area contributed by atoms with Gasteiger partial charge in [-0.3, -0.25) is 28.8 Å². The number of anilines is 1. The molecular weight excluding hydrogens is 862 g/mol. The lowest BCUT2D eigenvalue weighted by atomic mass is 10.00. The first-order valence-electron chi connectivity index (χ1n) is 20.2. The maximum absolute atomic E-state index is 15.7. The Morgan fingerprint density at radius 1 is 0.906 bits per heavy atom. The van der Waals surface area contributed by atoms with Crippen LogP contribution < -0.4 is 19.5 Å². The topological polar surface area (TPSA) is 199 Å². The van der Waals surface area contributed by atoms with Gasteiger partial charge in [-0.05, 0) is 67.3 Å². The number of pyridine rings is 1. The average Bonchev–Trinajstić information content (AvgIpc) is 3.98. The molecule has 3 amide bonds. The lowest BCUT2D eigenvalue weighted by Gasteiger charge is -2.29. The Morgan fingerprint density at radius 2 is 1.64 bits per heavy atom. The minimum atomic E-state index is -4.37. The highest BCUT2D eigenvalue weighted by Crippen LogP contribution is 2.35. The molecule has 3 N–H and O–H groups in total. The molecule has 5 heterocycles. The number of nitrogens with one attached hydrogen (secondary N) is 3. The summed E-state index contributed by atoms with van der Waals surface area (Å²) in [6, 6.07) is 14.1. The maximum atomic E-state index is 15.7. The first-order valence-corrected chi connectivity index (χ1v) is 21.7. The van der Waals surface area contributed by atoms with Gasteiger partial charge in [0.05, 0.1) is 48.8 Å². The first-order chi connectivity index (χ1) is 30.8. The van der Waals surface area contributed by atoms with Crippen molar-refractivity contribution < 1.29 is 59.7 Å². The predicted molar refractivity (Wildman–Crippen MR) is 225 cm³/mol. The molecule has 64 heavy (non-hydrogen) atoms. The van der Waals surface area contributed by atoms with Crippen LogP contribution in [0.4, 0.5) is 18.9 Å². The molecule has 5 aromatic rings. The Hall–Kier alpha value is -6.61. The summed E-state index contributed by atoms with van der Waals surface area (Å²) in [5, 5.41) is 2.88. The van der Waals surface area contributed by atoms with Crippen LogP contribution in [0.15, 0.2) is 85.3 Å². The fourth-order valence-corrected chi connectivity index (χ4v) is 8.88. The summed E-state index contributed by atoms with van der Waals surface area (Å²) in [4.78, 5) is 60.7. The Morgan fingerprint density at radius 3 is 2.36 bits per heavy atom. The number of rotatable bonds is 18. The van der Waals surface area contributed by atoms with Crippen molar-refractivity contribution in [2.24, 2.45) is 0 Å². The molecule has 2 atom stereocenters. The SMILES string of the molecule is C=C1CCC(N2C(=O)c3cccc(OCCOCCOCCOc4ccc(-c5cnc6[nH]cc(C(=O)c7c(F)ccc(NS(=O)(=O)N8CC[C@@H](F)C8)c7F)c6c5)cc4)c3C2=O)C(=O)N1. The minimum absolute atomic E-state index is 0.0130. The van der Waals surface area contributed by atoms with E-state index in [0.29, 0.717) is 35.4 Å². The normalized spacial score (nSPS) is 17.8. The Kier molecular flexibility index (Phi) is 12.8. The highest BCUT2D eigenvalue weighted by atomic mass is 32.2. The lowest BCUT2D eigenvalue weighted by Crippen LogP contribution is -2.51. The fraction of sp³-hybridized carbons (Fsp3) is 0.295. The van der Waals surface area contributed by atoms with Crippen LogP contribution in [0.5, 0.6) is 11.5 Å². The van der Waals surface area contributed by atoms with Crippen LogP contribution in [0.2, 0.25) is 0 Å². The molecule has 0 bridgehead atoms. The van der Waals surface area contributed by atoms with Gasteiger partial charge in [-0.25, -0.2) is 18.2 Å². The van der Waals surface area contributed by atoms with Crippen molar-refractivity contribution in [2.75, 3.05) is 57.5 Å². The van der Waals surface area contributed by atoms with E-state index in [2.05, 4.69) is 21.9 Å². The molecule has 0 saturated carbocycles. The summed E-state index contributed by atoms with van der Waals surface area (Å²) in [6.07, 6.45) is 2.20. The van der Waals surface area contributed by atoms with Crippen LogP contribution in [0.25, 0.3) is 22.2 Å². The quantitative estimate of drug-likeness (QED) is 0.0585. The Balaban J connectivity index is 0.784. The monoisotopic (exact) mass is 902 g/mol. The second-order valence-corrected chi connectivity index (χ2v) is 16.7. The molecule has 3 aliphatic heterocycles. The van der Waals surface area contributed by atoms with Crippen LogP contribution in [0.3, 0.4) is 0 Å². The fourth-order valence-electron chi connectivity index (χ4n) is 7.61. The number of allylic oxidation sites excluding steroid dienone is 1. The van der Waals surface area contributed by atoms with E-state index >= 15 is 8.78 Å². The summed E-state index contributed by atoms with van der Waals surface area (Å²) < 4.78 is 95.4. The van der Waals surface area contributed by atoms with E-state index in [1.807, 2.05) is 4.72 Å². The van der Waals surface area contributed by atoms with Crippen molar-refractivity contribution in [3.8, 4) is 22.6 Å². The minimum Gasteiger partial charge on any atom is -0.491 e. The number of nitrogens with zero attached hydrogens (tertiary/aromatic N) is 3. The van der Waals surface area contributed by atoms with E-state index in [1.54, 1.807) is 48.7 Å². The number of carbonyl (C=O) groups excluding carboxylic acids is 4. The third kappa shape index (κ3) is 9.07. The van der Waals surface area contributed by atoms with Crippen molar-refractivity contribution in [3.63, 3.8) is 0 Å². The van der Waals surface area contributed by atoms with Gasteiger partial charge in [-0.1, -0.05) is 24.8 Å². The van der Waals surface area contributed by atoms with Gasteiger partial charge in [-0.15, -0.1) is 0 Å². The van der Waals surface area contributed by atoms with Crippen molar-refractivity contribution in [2.45, 2.75) is 31.5 Å². The molecule has 1 unspecified atom stereocenters. The summed E-state index contributed by atoms with van der Waals surface area (Å²) in [6.45, 7) is 4.52. The molecular formula is C44H41F3N6O10S. The number of alkyl halides is 1. The van der Waals surface area contributed by atoms with E-state index in [0.717, 1.165) is 21.3 Å². The molecule has 16 nitrogen and oxygen atoms in total. The van der Waals surface area contributed by atoms with Gasteiger partial charge in [0.15, 0.2) is 5.82 Å². The molecule has 8 rings (SSSR count). The molecule has 3 aliphatic rings. The van der Waals surface area contributed by atoms with Crippen LogP contribution in [-0.2, 0) is 24.5 Å². The number of halogens is 3. The maximum Gasteiger partial charge on any atom is 0.301 e. The number of ether oxygens (including phenoxy) is 4. The number of imide groups is 1. The summed E-state index contributed by atoms with van der Waals surface area (Å²) in [7, 11) is -4.37. The third-order valence-electron chi connectivity index (χ3n) is 10.8. The van der Waals surface area contributed by atoms with Crippen LogP contribution >= 0.6 is 0 Å². The standard InChI is InChI=1S/C44H41F3N6O10S/c1-25-5-12-35(42(55)50-25)53-43(56)30-3-2-4-36(37(30)44(53)57)63-20-18-61-16-15-60-17-19-62-29-8-6-26(7-9-29)27-21-31-32(23-49-41(31)48-22-27)40(54)38-33(46)10-11-34(39(38)47)51-64(58,59)52-14-13-28(45)24-52/h2-4,6-11,21-23,28,35,51H,1,5,12-20,24H2,(H,48,49)(H,50,55)/t28-,35?/m1/s1. The summed E-state index contributed by atoms with van der Waals surface area (Å²) in [5.74, 6) is -4.47. The second-order valence-electron chi connectivity index (χ2n) is 15.0. The highest BCUT2D eigenvalue weighted by Gasteiger charge is 2.45. The smallest absolute Gasteiger partial charge is 0.301 e. The van der Waals surface area contributed by atoms with Gasteiger partial charge >= 0.3 is 10.2 Å². The molecule has 2 fully saturated rings. The molecule has 0 radical (unpaired) electrons. The zero-order valence-corrected chi connectivity index (χ0v) is 34.9. The number of aromatic amines is 1. The Labute approximate surface area is 364 Å². The van der Waals surface area contributed by atoms with Crippen LogP contribution in [-0.4, -0.2) is 116 Å². The second kappa shape index (κ2) is 18.6. The van der Waals surface area contributed by atoms with E-state index in [9.17, 15) is 32.0 Å². The van der Waals surface area contributed by atoms with Crippen molar-refractivity contribution in [1.29, 1.82) is 0 Å². The van der Waals surface area contributed by atoms with Crippen molar-refractivity contribution in [3.05, 3.63) is 119 Å². The van der Waals surface area contributed by atoms with Crippen LogP contribution in [0, 0.1) is 11.6 Å². The molecule has 2 saturated heterocycles. The number of ketones is 1. The number of fused-ring (bicyclic) bond motifs is 2. The van der Waals surface area contributed by atoms with Crippen LogP contribution in [0.1, 0.15) is 55.9 Å². The van der Waals surface area contributed by atoms with E-state index in [-0.39, 0.29) is 86.1 Å². The zero-order chi connectivity index (χ0) is 45.1. The summed E-state index contributed by atoms with van der Waals surface area (Å²) >= 11 is 0. The largest absolute Gasteiger partial charge is 0.491 e. The van der Waals surface area contributed by atoms with Crippen molar-refractivity contribution >= 4 is 50.4 Å². The van der Waals surface area contributed by atoms with Gasteiger partial charge in [0.1, 0.15) is 48.4 Å². The van der Waals surface area contributed by atoms with Gasteiger partial charge in [0, 0.05) is 47.7 Å². The predicted octanol–water partition coefficient (Wildman–Crippen LogP) is 5.32. The average molecular weight is 903 g/mol. The first kappa shape index (κ1) is 44.0. The molecule has 0 spiro atoms. The van der Waals surface area contributed by atoms with Gasteiger partial charge < -0.3 is 29.2 Å². The van der Waals surface area contributed by atoms with Gasteiger partial charge in [0.25, 0.3) is 11.8 Å². The molecule has 20 heteroatoms. The molecule has 334 valence electrons. The number of hydrogen-bond donors (Lipinski definition) is 3. The van der Waals surface area contributed by atoms with Gasteiger partial charge in [0.2, 0.25) is 11.7 Å². The number of amides is 3. The lowest BCUT2D eigenvalue weighted by molar-refractivity contribution is -0.125. The number of aromatic nitrogens is 2. The number of H-pyrrole nitrogens is 1. The number of piperidine rings is 1. The highest BCUT2D eigenvalue weighted by molar-refractivity contribution is 7.90. The van der Waals surface area contributed by atoms with E-state index in [1.165, 1.54) is 12.3 Å². The summed E-state index contributed by atoms with van der Waals surface area (Å²) in [5.41, 5.74) is 0.661. The van der Waals surface area contributed by atoms with Gasteiger partial charge in [-0.2, -0.15) is 12.7 Å². The van der Waals surface area contributed by atoms with Crippen molar-refractivity contribution in [1.82, 2.24) is 24.5 Å². The molecule has 0 aliphatic carbocycles. The number of carbonyl (C=O) groups is 4. The number of benzene rings is 3. The molecule has 3 aromatic carbocycles. The zero-order valence-electron chi connectivity index (χ0n) is 34.0. The van der Waals surface area contributed by atoms with E-state index in [4.69, 9.17) is 18.9 Å². The number of hydrogen-bond acceptors (Lipinski definition) is 11. The molecule has 2 aromatic heterocycles. The van der Waals surface area contributed by atoms with E-state index < -0.39 is 75.4 Å². The third-order valence-corrected chi connectivity index (χ3v) is 12.3.